The lowest BCUT2D eigenvalue weighted by Crippen LogP contribution is -2.18. The van der Waals surface area contributed by atoms with Crippen LogP contribution in [0.5, 0.6) is 5.75 Å². The second-order valence-electron chi connectivity index (χ2n) is 3.61. The largest absolute Gasteiger partial charge is 0.486 e. The monoisotopic (exact) mass is 209 g/mol. The van der Waals surface area contributed by atoms with Crippen molar-refractivity contribution < 1.29 is 9.47 Å². The van der Waals surface area contributed by atoms with Crippen molar-refractivity contribution in [2.24, 2.45) is 0 Å². The Morgan fingerprint density at radius 2 is 2.13 bits per heavy atom. The maximum Gasteiger partial charge on any atom is 0.142 e. The summed E-state index contributed by atoms with van der Waals surface area (Å²) in [5, 5.41) is 0. The second-order valence-corrected chi connectivity index (χ2v) is 3.61. The van der Waals surface area contributed by atoms with E-state index in [4.69, 9.17) is 15.2 Å². The summed E-state index contributed by atoms with van der Waals surface area (Å²) in [4.78, 5) is 0. The van der Waals surface area contributed by atoms with Gasteiger partial charge in [-0.2, -0.15) is 0 Å². The van der Waals surface area contributed by atoms with Gasteiger partial charge in [0.25, 0.3) is 0 Å². The van der Waals surface area contributed by atoms with Gasteiger partial charge in [-0.3, -0.25) is 0 Å². The number of nitrogen functional groups attached to an aromatic ring is 1. The molecule has 0 bridgehead atoms. The van der Waals surface area contributed by atoms with Crippen molar-refractivity contribution in [3.63, 3.8) is 0 Å². The van der Waals surface area contributed by atoms with Gasteiger partial charge in [-0.05, 0) is 31.0 Å². The van der Waals surface area contributed by atoms with Crippen LogP contribution in [0.2, 0.25) is 0 Å². The Balaban J connectivity index is 2.69. The number of hydrogen-bond acceptors (Lipinski definition) is 3. The zero-order valence-corrected chi connectivity index (χ0v) is 9.62. The molecule has 0 saturated carbocycles. The molecule has 84 valence electrons. The fraction of sp³-hybridized carbons (Fsp3) is 0.500. The summed E-state index contributed by atoms with van der Waals surface area (Å²) in [6.07, 6.45) is 1.00. The summed E-state index contributed by atoms with van der Waals surface area (Å²) < 4.78 is 10.6. The number of anilines is 1. The minimum absolute atomic E-state index is 0.0183. The Morgan fingerprint density at radius 1 is 1.40 bits per heavy atom. The molecule has 2 N–H and O–H groups in total. The molecule has 0 heterocycles. The standard InChI is InChI=1S/C12H19NO2/c1-4-10-5-6-12(11(13)7-10)15-9(2)8-14-3/h5-7,9H,4,8,13H2,1-3H3. The molecule has 1 aromatic rings. The number of rotatable bonds is 5. The smallest absolute Gasteiger partial charge is 0.142 e. The number of ether oxygens (including phenoxy) is 2. The first-order valence-corrected chi connectivity index (χ1v) is 5.21. The van der Waals surface area contributed by atoms with E-state index in [0.717, 1.165) is 12.2 Å². The predicted molar refractivity (Wildman–Crippen MR) is 62.2 cm³/mol. The molecule has 1 rings (SSSR count). The van der Waals surface area contributed by atoms with Gasteiger partial charge in [0, 0.05) is 7.11 Å². The van der Waals surface area contributed by atoms with Crippen LogP contribution in [0.4, 0.5) is 5.69 Å². The van der Waals surface area contributed by atoms with Crippen LogP contribution in [0.1, 0.15) is 19.4 Å². The van der Waals surface area contributed by atoms with E-state index in [1.54, 1.807) is 7.11 Å². The molecule has 0 aliphatic heterocycles. The van der Waals surface area contributed by atoms with Crippen molar-refractivity contribution in [1.29, 1.82) is 0 Å². The summed E-state index contributed by atoms with van der Waals surface area (Å²) in [6.45, 7) is 4.62. The normalized spacial score (nSPS) is 12.5. The van der Waals surface area contributed by atoms with Crippen molar-refractivity contribution in [2.75, 3.05) is 19.5 Å². The topological polar surface area (TPSA) is 44.5 Å². The predicted octanol–water partition coefficient (Wildman–Crippen LogP) is 2.24. The Hall–Kier alpha value is -1.22. The summed E-state index contributed by atoms with van der Waals surface area (Å²) in [5.74, 6) is 0.733. The molecule has 0 saturated heterocycles. The first-order valence-electron chi connectivity index (χ1n) is 5.21. The number of aryl methyl sites for hydroxylation is 1. The number of benzene rings is 1. The van der Waals surface area contributed by atoms with E-state index >= 15 is 0 Å². The molecule has 0 aromatic heterocycles. The molecule has 0 radical (unpaired) electrons. The van der Waals surface area contributed by atoms with Crippen LogP contribution in [0, 0.1) is 0 Å². The summed E-state index contributed by atoms with van der Waals surface area (Å²) in [7, 11) is 1.66. The van der Waals surface area contributed by atoms with E-state index in [-0.39, 0.29) is 6.10 Å². The van der Waals surface area contributed by atoms with Crippen molar-refractivity contribution in [2.45, 2.75) is 26.4 Å². The third kappa shape index (κ3) is 3.44. The lowest BCUT2D eigenvalue weighted by molar-refractivity contribution is 0.0926. The van der Waals surface area contributed by atoms with Gasteiger partial charge in [0.05, 0.1) is 12.3 Å². The van der Waals surface area contributed by atoms with Crippen LogP contribution in [0.3, 0.4) is 0 Å². The van der Waals surface area contributed by atoms with Crippen molar-refractivity contribution in [1.82, 2.24) is 0 Å². The average molecular weight is 209 g/mol. The van der Waals surface area contributed by atoms with E-state index in [1.807, 2.05) is 25.1 Å². The quantitative estimate of drug-likeness (QED) is 0.756. The molecule has 15 heavy (non-hydrogen) atoms. The van der Waals surface area contributed by atoms with Crippen LogP contribution in [0.15, 0.2) is 18.2 Å². The van der Waals surface area contributed by atoms with Gasteiger partial charge in [-0.15, -0.1) is 0 Å². The van der Waals surface area contributed by atoms with Gasteiger partial charge in [0.2, 0.25) is 0 Å². The first-order chi connectivity index (χ1) is 7.17. The molecule has 1 unspecified atom stereocenters. The van der Waals surface area contributed by atoms with Crippen LogP contribution >= 0.6 is 0 Å². The Kier molecular flexibility index (Phi) is 4.43. The molecule has 1 atom stereocenters. The van der Waals surface area contributed by atoms with Crippen molar-refractivity contribution in [3.05, 3.63) is 23.8 Å². The Bertz CT molecular complexity index is 312. The summed E-state index contributed by atoms with van der Waals surface area (Å²) in [5.41, 5.74) is 7.79. The van der Waals surface area contributed by atoms with E-state index in [1.165, 1.54) is 5.56 Å². The van der Waals surface area contributed by atoms with E-state index in [2.05, 4.69) is 6.92 Å². The van der Waals surface area contributed by atoms with Crippen LogP contribution in [-0.2, 0) is 11.2 Å². The molecule has 1 aromatic carbocycles. The number of hydrogen-bond donors (Lipinski definition) is 1. The molecule has 3 heteroatoms. The van der Waals surface area contributed by atoms with Crippen LogP contribution in [0.25, 0.3) is 0 Å². The molecule has 0 fully saturated rings. The minimum Gasteiger partial charge on any atom is -0.486 e. The van der Waals surface area contributed by atoms with Gasteiger partial charge < -0.3 is 15.2 Å². The van der Waals surface area contributed by atoms with Gasteiger partial charge in [-0.1, -0.05) is 13.0 Å². The summed E-state index contributed by atoms with van der Waals surface area (Å²) >= 11 is 0. The van der Waals surface area contributed by atoms with Gasteiger partial charge in [0.1, 0.15) is 11.9 Å². The Morgan fingerprint density at radius 3 is 2.67 bits per heavy atom. The molecule has 0 aliphatic carbocycles. The van der Waals surface area contributed by atoms with E-state index < -0.39 is 0 Å². The molecule has 0 aliphatic rings. The highest BCUT2D eigenvalue weighted by Gasteiger charge is 2.06. The second kappa shape index (κ2) is 5.61. The highest BCUT2D eigenvalue weighted by molar-refractivity contribution is 5.54. The number of methoxy groups -OCH3 is 1. The van der Waals surface area contributed by atoms with Gasteiger partial charge >= 0.3 is 0 Å². The highest BCUT2D eigenvalue weighted by atomic mass is 16.5. The van der Waals surface area contributed by atoms with E-state index in [9.17, 15) is 0 Å². The molecular weight excluding hydrogens is 190 g/mol. The fourth-order valence-electron chi connectivity index (χ4n) is 1.41. The third-order valence-electron chi connectivity index (χ3n) is 2.21. The molecule has 3 nitrogen and oxygen atoms in total. The third-order valence-corrected chi connectivity index (χ3v) is 2.21. The molecule has 0 spiro atoms. The zero-order valence-electron chi connectivity index (χ0n) is 9.62. The lowest BCUT2D eigenvalue weighted by atomic mass is 10.1. The summed E-state index contributed by atoms with van der Waals surface area (Å²) in [6, 6.07) is 5.90. The van der Waals surface area contributed by atoms with Gasteiger partial charge in [0.15, 0.2) is 0 Å². The fourth-order valence-corrected chi connectivity index (χ4v) is 1.41. The Labute approximate surface area is 91.2 Å². The van der Waals surface area contributed by atoms with Gasteiger partial charge in [-0.25, -0.2) is 0 Å². The SMILES string of the molecule is CCc1ccc(OC(C)COC)c(N)c1. The zero-order chi connectivity index (χ0) is 11.3. The van der Waals surface area contributed by atoms with E-state index in [0.29, 0.717) is 12.3 Å². The first kappa shape index (κ1) is 11.9. The minimum atomic E-state index is 0.0183. The molecular formula is C12H19NO2. The van der Waals surface area contributed by atoms with Crippen LogP contribution in [-0.4, -0.2) is 19.8 Å². The van der Waals surface area contributed by atoms with Crippen molar-refractivity contribution in [3.8, 4) is 5.75 Å². The van der Waals surface area contributed by atoms with Crippen LogP contribution < -0.4 is 10.5 Å². The average Bonchev–Trinajstić information content (AvgIpc) is 2.21. The lowest BCUT2D eigenvalue weighted by Gasteiger charge is -2.15. The maximum atomic E-state index is 5.88. The number of nitrogens with two attached hydrogens (primary N) is 1. The van der Waals surface area contributed by atoms with Crippen molar-refractivity contribution >= 4 is 5.69 Å². The maximum absolute atomic E-state index is 5.88. The molecule has 0 amide bonds. The highest BCUT2D eigenvalue weighted by Crippen LogP contribution is 2.23.